The van der Waals surface area contributed by atoms with Gasteiger partial charge in [0.05, 0.1) is 18.9 Å². The van der Waals surface area contributed by atoms with Crippen LogP contribution in [0.4, 0.5) is 0 Å². The standard InChI is InChI=1S/C13H22N4O7/c1-5(2)10(15)12(22)16-6(3-8(14)18)11(21)17-7(13(23)24)4-9(19)20/h5-7,10H,3-4,15H2,1-2H3,(H2,14,18)(H,16,22)(H,17,21)(H,19,20)(H,23,24). The Kier molecular flexibility index (Phi) is 8.39. The highest BCUT2D eigenvalue weighted by Crippen LogP contribution is 2.02. The smallest absolute Gasteiger partial charge is 0.326 e. The Labute approximate surface area is 137 Å². The van der Waals surface area contributed by atoms with Gasteiger partial charge in [-0.15, -0.1) is 0 Å². The van der Waals surface area contributed by atoms with Gasteiger partial charge in [-0.25, -0.2) is 4.79 Å². The summed E-state index contributed by atoms with van der Waals surface area (Å²) >= 11 is 0. The van der Waals surface area contributed by atoms with Gasteiger partial charge in [0.2, 0.25) is 17.7 Å². The molecule has 0 bridgehead atoms. The molecule has 136 valence electrons. The van der Waals surface area contributed by atoms with Crippen LogP contribution in [-0.4, -0.2) is 58.0 Å². The lowest BCUT2D eigenvalue weighted by molar-refractivity contribution is -0.147. The summed E-state index contributed by atoms with van der Waals surface area (Å²) in [7, 11) is 0. The molecule has 0 aliphatic rings. The van der Waals surface area contributed by atoms with Crippen molar-refractivity contribution in [2.45, 2.75) is 44.8 Å². The van der Waals surface area contributed by atoms with Crippen LogP contribution in [0, 0.1) is 5.92 Å². The normalized spacial score (nSPS) is 14.3. The first-order chi connectivity index (χ1) is 11.0. The third-order valence-electron chi connectivity index (χ3n) is 3.05. The highest BCUT2D eigenvalue weighted by molar-refractivity contribution is 5.95. The highest BCUT2D eigenvalue weighted by Gasteiger charge is 2.30. The predicted molar refractivity (Wildman–Crippen MR) is 80.4 cm³/mol. The lowest BCUT2D eigenvalue weighted by Gasteiger charge is -2.22. The minimum Gasteiger partial charge on any atom is -0.481 e. The van der Waals surface area contributed by atoms with Gasteiger partial charge >= 0.3 is 11.9 Å². The SMILES string of the molecule is CC(C)C(N)C(=O)NC(CC(N)=O)C(=O)NC(CC(=O)O)C(=O)O. The molecule has 0 aromatic carbocycles. The number of carbonyl (C=O) groups excluding carboxylic acids is 3. The first-order valence-electron chi connectivity index (χ1n) is 7.04. The summed E-state index contributed by atoms with van der Waals surface area (Å²) in [6.07, 6.45) is -1.47. The summed E-state index contributed by atoms with van der Waals surface area (Å²) in [4.78, 5) is 56.6. The molecule has 3 amide bonds. The second-order valence-electron chi connectivity index (χ2n) is 5.50. The van der Waals surface area contributed by atoms with Crippen LogP contribution < -0.4 is 22.1 Å². The second kappa shape index (κ2) is 9.45. The maximum Gasteiger partial charge on any atom is 0.326 e. The van der Waals surface area contributed by atoms with E-state index in [2.05, 4.69) is 5.32 Å². The number of nitrogens with one attached hydrogen (secondary N) is 2. The molecular weight excluding hydrogens is 324 g/mol. The molecule has 8 N–H and O–H groups in total. The van der Waals surface area contributed by atoms with E-state index in [0.717, 1.165) is 0 Å². The maximum atomic E-state index is 12.1. The summed E-state index contributed by atoms with van der Waals surface area (Å²) in [5.74, 6) is -5.96. The Morgan fingerprint density at radius 3 is 1.79 bits per heavy atom. The van der Waals surface area contributed by atoms with E-state index in [1.54, 1.807) is 13.8 Å². The van der Waals surface area contributed by atoms with Gasteiger partial charge in [-0.2, -0.15) is 0 Å². The summed E-state index contributed by atoms with van der Waals surface area (Å²) in [5, 5.41) is 21.7. The third kappa shape index (κ3) is 7.54. The van der Waals surface area contributed by atoms with Crippen molar-refractivity contribution in [3.05, 3.63) is 0 Å². The number of hydrogen-bond acceptors (Lipinski definition) is 6. The van der Waals surface area contributed by atoms with Gasteiger partial charge in [0.15, 0.2) is 0 Å². The van der Waals surface area contributed by atoms with Crippen LogP contribution in [0.3, 0.4) is 0 Å². The zero-order chi connectivity index (χ0) is 19.0. The van der Waals surface area contributed by atoms with Crippen molar-refractivity contribution >= 4 is 29.7 Å². The Morgan fingerprint density at radius 1 is 0.917 bits per heavy atom. The van der Waals surface area contributed by atoms with Gasteiger partial charge in [0.1, 0.15) is 12.1 Å². The first kappa shape index (κ1) is 21.3. The fourth-order valence-corrected chi connectivity index (χ4v) is 1.63. The van der Waals surface area contributed by atoms with Crippen molar-refractivity contribution in [1.82, 2.24) is 10.6 Å². The van der Waals surface area contributed by atoms with E-state index in [-0.39, 0.29) is 5.92 Å². The number of nitrogens with two attached hydrogens (primary N) is 2. The van der Waals surface area contributed by atoms with Crippen LogP contribution in [0.5, 0.6) is 0 Å². The Bertz CT molecular complexity index is 520. The van der Waals surface area contributed by atoms with E-state index in [1.807, 2.05) is 5.32 Å². The molecule has 0 saturated heterocycles. The molecule has 11 heteroatoms. The van der Waals surface area contributed by atoms with Crippen molar-refractivity contribution in [3.8, 4) is 0 Å². The number of amides is 3. The summed E-state index contributed by atoms with van der Waals surface area (Å²) in [5.41, 5.74) is 10.6. The maximum absolute atomic E-state index is 12.1. The van der Waals surface area contributed by atoms with E-state index in [0.29, 0.717) is 0 Å². The fourth-order valence-electron chi connectivity index (χ4n) is 1.63. The number of carboxylic acid groups (broad SMARTS) is 2. The lowest BCUT2D eigenvalue weighted by atomic mass is 10.0. The number of rotatable bonds is 10. The number of aliphatic carboxylic acids is 2. The van der Waals surface area contributed by atoms with E-state index in [1.165, 1.54) is 0 Å². The molecule has 3 atom stereocenters. The molecule has 24 heavy (non-hydrogen) atoms. The number of carbonyl (C=O) groups is 5. The van der Waals surface area contributed by atoms with E-state index in [4.69, 9.17) is 21.7 Å². The summed E-state index contributed by atoms with van der Waals surface area (Å²) in [6, 6.07) is -4.14. The molecule has 0 aromatic heterocycles. The van der Waals surface area contributed by atoms with Crippen LogP contribution in [-0.2, 0) is 24.0 Å². The number of hydrogen-bond donors (Lipinski definition) is 6. The molecule has 0 spiro atoms. The molecule has 0 rings (SSSR count). The van der Waals surface area contributed by atoms with Crippen molar-refractivity contribution in [2.75, 3.05) is 0 Å². The quantitative estimate of drug-likeness (QED) is 0.246. The topological polar surface area (TPSA) is 202 Å². The molecule has 11 nitrogen and oxygen atoms in total. The van der Waals surface area contributed by atoms with E-state index in [9.17, 15) is 24.0 Å². The molecular formula is C13H22N4O7. The zero-order valence-electron chi connectivity index (χ0n) is 13.3. The molecule has 3 unspecified atom stereocenters. The van der Waals surface area contributed by atoms with Crippen LogP contribution in [0.25, 0.3) is 0 Å². The van der Waals surface area contributed by atoms with Crippen molar-refractivity contribution in [1.29, 1.82) is 0 Å². The Balaban J connectivity index is 5.11. The summed E-state index contributed by atoms with van der Waals surface area (Å²) in [6.45, 7) is 3.33. The molecule has 0 aliphatic heterocycles. The molecule has 0 fully saturated rings. The van der Waals surface area contributed by atoms with Crippen LogP contribution >= 0.6 is 0 Å². The van der Waals surface area contributed by atoms with E-state index < -0.39 is 60.6 Å². The van der Waals surface area contributed by atoms with Gasteiger partial charge in [-0.1, -0.05) is 13.8 Å². The minimum atomic E-state index is -1.72. The van der Waals surface area contributed by atoms with Gasteiger partial charge in [0, 0.05) is 0 Å². The highest BCUT2D eigenvalue weighted by atomic mass is 16.4. The molecule has 0 saturated carbocycles. The Hall–Kier alpha value is -2.69. The van der Waals surface area contributed by atoms with Gasteiger partial charge in [-0.3, -0.25) is 19.2 Å². The molecule has 0 aliphatic carbocycles. The van der Waals surface area contributed by atoms with E-state index >= 15 is 0 Å². The largest absolute Gasteiger partial charge is 0.481 e. The van der Waals surface area contributed by atoms with Gasteiger partial charge in [-0.05, 0) is 5.92 Å². The van der Waals surface area contributed by atoms with Crippen LogP contribution in [0.2, 0.25) is 0 Å². The van der Waals surface area contributed by atoms with Crippen molar-refractivity contribution in [3.63, 3.8) is 0 Å². The molecule has 0 heterocycles. The minimum absolute atomic E-state index is 0.249. The summed E-state index contributed by atoms with van der Waals surface area (Å²) < 4.78 is 0. The molecule has 0 radical (unpaired) electrons. The third-order valence-corrected chi connectivity index (χ3v) is 3.05. The second-order valence-corrected chi connectivity index (χ2v) is 5.50. The molecule has 0 aromatic rings. The Morgan fingerprint density at radius 2 is 1.42 bits per heavy atom. The van der Waals surface area contributed by atoms with Gasteiger partial charge in [0.25, 0.3) is 0 Å². The lowest BCUT2D eigenvalue weighted by Crippen LogP contribution is -2.56. The fraction of sp³-hybridized carbons (Fsp3) is 0.615. The van der Waals surface area contributed by atoms with Crippen LogP contribution in [0.15, 0.2) is 0 Å². The van der Waals surface area contributed by atoms with Crippen LogP contribution in [0.1, 0.15) is 26.7 Å². The van der Waals surface area contributed by atoms with Gasteiger partial charge < -0.3 is 32.3 Å². The first-order valence-corrected chi connectivity index (χ1v) is 7.04. The zero-order valence-corrected chi connectivity index (χ0v) is 13.3. The average molecular weight is 346 g/mol. The van der Waals surface area contributed by atoms with Crippen molar-refractivity contribution in [2.24, 2.45) is 17.4 Å². The number of carboxylic acids is 2. The number of primary amides is 1. The van der Waals surface area contributed by atoms with Crippen molar-refractivity contribution < 1.29 is 34.2 Å². The predicted octanol–water partition coefficient (Wildman–Crippen LogP) is -2.63. The monoisotopic (exact) mass is 346 g/mol. The average Bonchev–Trinajstić information content (AvgIpc) is 2.43.